The van der Waals surface area contributed by atoms with Crippen molar-refractivity contribution in [3.05, 3.63) is 0 Å². The van der Waals surface area contributed by atoms with Gasteiger partial charge in [0.25, 0.3) is 0 Å². The van der Waals surface area contributed by atoms with E-state index in [0.29, 0.717) is 12.8 Å². The Bertz CT molecular complexity index is 217. The van der Waals surface area contributed by atoms with E-state index in [-0.39, 0.29) is 5.92 Å². The van der Waals surface area contributed by atoms with Crippen molar-refractivity contribution in [2.24, 2.45) is 5.92 Å². The van der Waals surface area contributed by atoms with Crippen molar-refractivity contribution >= 4 is 0 Å². The molecular weight excluding hydrogens is 180 g/mol. The van der Waals surface area contributed by atoms with Crippen LogP contribution in [0.15, 0.2) is 0 Å². The highest BCUT2D eigenvalue weighted by atomic mass is 16.3. The molecule has 0 aromatic heterocycles. The monoisotopic (exact) mass is 200 g/mol. The summed E-state index contributed by atoms with van der Waals surface area (Å²) in [4.78, 5) is 0. The fraction of sp³-hybridized carbons (Fsp3) is 1.00. The van der Waals surface area contributed by atoms with E-state index in [4.69, 9.17) is 0 Å². The Hall–Kier alpha value is -0.120. The fourth-order valence-electron chi connectivity index (χ4n) is 3.14. The molecule has 3 saturated carbocycles. The van der Waals surface area contributed by atoms with Crippen LogP contribution in [0.25, 0.3) is 0 Å². The van der Waals surface area contributed by atoms with Crippen LogP contribution >= 0.6 is 0 Å². The summed E-state index contributed by atoms with van der Waals surface area (Å²) < 4.78 is 0. The molecule has 2 unspecified atom stereocenters. The summed E-state index contributed by atoms with van der Waals surface area (Å²) in [6, 6.07) is 0. The second-order valence-corrected chi connectivity index (χ2v) is 5.51. The van der Waals surface area contributed by atoms with Crippen LogP contribution in [-0.2, 0) is 0 Å². The van der Waals surface area contributed by atoms with Gasteiger partial charge in [-0.25, -0.2) is 0 Å². The molecule has 3 fully saturated rings. The van der Waals surface area contributed by atoms with Crippen molar-refractivity contribution in [2.45, 2.75) is 62.8 Å². The first kappa shape index (κ1) is 10.4. The number of aliphatic hydroxyl groups excluding tert-OH is 1. The molecule has 0 aromatic carbocycles. The molecule has 3 nitrogen and oxygen atoms in total. The van der Waals surface area contributed by atoms with Gasteiger partial charge in [-0.15, -0.1) is 0 Å². The van der Waals surface area contributed by atoms with Gasteiger partial charge in [-0.3, -0.25) is 0 Å². The highest BCUT2D eigenvalue weighted by molar-refractivity contribution is 4.97. The minimum atomic E-state index is -0.909. The SMILES string of the molecule is CC1(O)CC(O)C2CCC(O)(CC2)C1. The Morgan fingerprint density at radius 2 is 1.71 bits per heavy atom. The number of fused-ring (bicyclic) bond motifs is 5. The molecule has 0 heterocycles. The molecular formula is C11H20O3. The molecule has 3 aliphatic carbocycles. The van der Waals surface area contributed by atoms with Crippen molar-refractivity contribution in [1.82, 2.24) is 0 Å². The molecule has 3 heteroatoms. The Morgan fingerprint density at radius 3 is 2.29 bits per heavy atom. The lowest BCUT2D eigenvalue weighted by atomic mass is 9.67. The molecule has 2 atom stereocenters. The van der Waals surface area contributed by atoms with E-state index in [2.05, 4.69) is 0 Å². The Balaban J connectivity index is 2.19. The first-order valence-electron chi connectivity index (χ1n) is 5.53. The van der Waals surface area contributed by atoms with Crippen LogP contribution in [0.2, 0.25) is 0 Å². The second-order valence-electron chi connectivity index (χ2n) is 5.51. The maximum Gasteiger partial charge on any atom is 0.0675 e. The number of rotatable bonds is 0. The van der Waals surface area contributed by atoms with Crippen LogP contribution in [0, 0.1) is 5.92 Å². The maximum absolute atomic E-state index is 10.2. The molecule has 0 radical (unpaired) electrons. The van der Waals surface area contributed by atoms with Crippen LogP contribution in [0.4, 0.5) is 0 Å². The van der Waals surface area contributed by atoms with Gasteiger partial charge in [0.05, 0.1) is 17.3 Å². The summed E-state index contributed by atoms with van der Waals surface area (Å²) in [6.07, 6.45) is 3.66. The van der Waals surface area contributed by atoms with Gasteiger partial charge < -0.3 is 15.3 Å². The molecule has 3 rings (SSSR count). The minimum Gasteiger partial charge on any atom is -0.393 e. The van der Waals surface area contributed by atoms with Crippen molar-refractivity contribution in [1.29, 1.82) is 0 Å². The number of hydrogen-bond acceptors (Lipinski definition) is 3. The fourth-order valence-corrected chi connectivity index (χ4v) is 3.14. The molecule has 3 aliphatic rings. The Kier molecular flexibility index (Phi) is 2.37. The molecule has 0 saturated heterocycles. The highest BCUT2D eigenvalue weighted by Gasteiger charge is 2.45. The third-order valence-electron chi connectivity index (χ3n) is 3.86. The topological polar surface area (TPSA) is 60.7 Å². The quantitative estimate of drug-likeness (QED) is 0.542. The van der Waals surface area contributed by atoms with Gasteiger partial charge in [-0.1, -0.05) is 0 Å². The van der Waals surface area contributed by atoms with Gasteiger partial charge in [0.1, 0.15) is 0 Å². The summed E-state index contributed by atoms with van der Waals surface area (Å²) >= 11 is 0. The van der Waals surface area contributed by atoms with Crippen molar-refractivity contribution in [3.63, 3.8) is 0 Å². The van der Waals surface area contributed by atoms with Crippen LogP contribution in [0.1, 0.15) is 45.4 Å². The number of aliphatic hydroxyl groups is 3. The predicted octanol–water partition coefficient (Wildman–Crippen LogP) is 0.813. The Labute approximate surface area is 84.8 Å². The van der Waals surface area contributed by atoms with Gasteiger partial charge in [-0.05, 0) is 38.5 Å². The molecule has 0 aromatic rings. The summed E-state index contributed by atoms with van der Waals surface area (Å²) in [5, 5.41) is 30.1. The largest absolute Gasteiger partial charge is 0.393 e. The molecule has 14 heavy (non-hydrogen) atoms. The van der Waals surface area contributed by atoms with Crippen LogP contribution in [-0.4, -0.2) is 32.6 Å². The van der Waals surface area contributed by atoms with E-state index >= 15 is 0 Å². The molecule has 3 N–H and O–H groups in total. The molecule has 0 amide bonds. The lowest BCUT2D eigenvalue weighted by Gasteiger charge is -2.46. The third-order valence-corrected chi connectivity index (χ3v) is 3.86. The third kappa shape index (κ3) is 1.95. The zero-order valence-electron chi connectivity index (χ0n) is 8.74. The van der Waals surface area contributed by atoms with Crippen LogP contribution < -0.4 is 0 Å². The van der Waals surface area contributed by atoms with Crippen molar-refractivity contribution in [2.75, 3.05) is 0 Å². The van der Waals surface area contributed by atoms with Gasteiger partial charge in [0.15, 0.2) is 0 Å². The first-order valence-corrected chi connectivity index (χ1v) is 5.53. The van der Waals surface area contributed by atoms with Gasteiger partial charge >= 0.3 is 0 Å². The van der Waals surface area contributed by atoms with Crippen molar-refractivity contribution < 1.29 is 15.3 Å². The zero-order chi connectivity index (χ0) is 10.4. The summed E-state index contributed by atoms with van der Waals surface area (Å²) in [6.45, 7) is 1.72. The first-order chi connectivity index (χ1) is 6.40. The second kappa shape index (κ2) is 3.19. The average Bonchev–Trinajstić information content (AvgIpc) is 2.00. The maximum atomic E-state index is 10.2. The summed E-state index contributed by atoms with van der Waals surface area (Å²) in [7, 11) is 0. The highest BCUT2D eigenvalue weighted by Crippen LogP contribution is 2.43. The smallest absolute Gasteiger partial charge is 0.0675 e. The van der Waals surface area contributed by atoms with Gasteiger partial charge in [0.2, 0.25) is 0 Å². The van der Waals surface area contributed by atoms with E-state index in [9.17, 15) is 15.3 Å². The van der Waals surface area contributed by atoms with E-state index in [1.165, 1.54) is 0 Å². The summed E-state index contributed by atoms with van der Waals surface area (Å²) in [5.41, 5.74) is -1.59. The predicted molar refractivity (Wildman–Crippen MR) is 52.8 cm³/mol. The normalized spacial score (nSPS) is 54.0. The minimum absolute atomic E-state index is 0.280. The molecule has 0 aliphatic heterocycles. The Morgan fingerprint density at radius 1 is 1.14 bits per heavy atom. The van der Waals surface area contributed by atoms with E-state index < -0.39 is 17.3 Å². The van der Waals surface area contributed by atoms with E-state index in [0.717, 1.165) is 25.7 Å². The zero-order valence-corrected chi connectivity index (χ0v) is 8.74. The lowest BCUT2D eigenvalue weighted by molar-refractivity contribution is -0.130. The molecule has 2 bridgehead atoms. The standard InChI is InChI=1S/C11H20O3/c1-10(13)6-9(12)8-2-4-11(14,7-10)5-3-8/h8-9,12-14H,2-7H2,1H3. The lowest BCUT2D eigenvalue weighted by Crippen LogP contribution is -2.49. The van der Waals surface area contributed by atoms with E-state index in [1.54, 1.807) is 6.92 Å². The average molecular weight is 200 g/mol. The summed E-state index contributed by atoms with van der Waals surface area (Å²) in [5.74, 6) is 0.280. The molecule has 0 spiro atoms. The van der Waals surface area contributed by atoms with E-state index in [1.807, 2.05) is 0 Å². The van der Waals surface area contributed by atoms with Gasteiger partial charge in [0, 0.05) is 12.8 Å². The van der Waals surface area contributed by atoms with Crippen molar-refractivity contribution in [3.8, 4) is 0 Å². The van der Waals surface area contributed by atoms with Crippen LogP contribution in [0.5, 0.6) is 0 Å². The molecule has 82 valence electrons. The van der Waals surface area contributed by atoms with Gasteiger partial charge in [-0.2, -0.15) is 0 Å². The van der Waals surface area contributed by atoms with Crippen LogP contribution in [0.3, 0.4) is 0 Å². The number of hydrogen-bond donors (Lipinski definition) is 3.